The normalized spacial score (nSPS) is 18.3. The van der Waals surface area contributed by atoms with E-state index >= 15 is 0 Å². The van der Waals surface area contributed by atoms with Gasteiger partial charge in [-0.1, -0.05) is 57.5 Å². The maximum atomic E-state index is 13.4. The van der Waals surface area contributed by atoms with Gasteiger partial charge in [0.25, 0.3) is 0 Å². The molecule has 2 unspecified atom stereocenters. The minimum atomic E-state index is -0.530. The molecule has 1 aliphatic rings. The van der Waals surface area contributed by atoms with Crippen molar-refractivity contribution in [3.63, 3.8) is 0 Å². The van der Waals surface area contributed by atoms with Crippen LogP contribution >= 0.6 is 0 Å². The summed E-state index contributed by atoms with van der Waals surface area (Å²) in [6.07, 6.45) is 3.33. The lowest BCUT2D eigenvalue weighted by molar-refractivity contribution is -0.144. The lowest BCUT2D eigenvalue weighted by Crippen LogP contribution is -2.51. The lowest BCUT2D eigenvalue weighted by atomic mass is 9.70. The molecular formula is C24H36N2O3. The van der Waals surface area contributed by atoms with Crippen molar-refractivity contribution in [2.75, 3.05) is 13.1 Å². The molecule has 0 radical (unpaired) electrons. The second-order valence-electron chi connectivity index (χ2n) is 8.86. The SMILES string of the molecule is CCCC(C(N)=O)C(CC(C)C)C(=O)N1CCC(C(C)=O)(c2ccccc2)CC1. The first-order valence-electron chi connectivity index (χ1n) is 10.9. The van der Waals surface area contributed by atoms with E-state index < -0.39 is 11.3 Å². The minimum Gasteiger partial charge on any atom is -0.369 e. The molecule has 29 heavy (non-hydrogen) atoms. The Hall–Kier alpha value is -2.17. The maximum Gasteiger partial charge on any atom is 0.226 e. The number of primary amides is 1. The molecule has 1 aromatic carbocycles. The molecule has 1 fully saturated rings. The third-order valence-electron chi connectivity index (χ3n) is 6.42. The summed E-state index contributed by atoms with van der Waals surface area (Å²) in [5, 5.41) is 0. The standard InChI is InChI=1S/C24H36N2O3/c1-5-9-20(22(25)28)21(16-17(2)3)23(29)26-14-12-24(13-15-26,18(4)27)19-10-7-6-8-11-19/h6-8,10-11,17,20-21H,5,9,12-16H2,1-4H3,(H2,25,28). The monoisotopic (exact) mass is 400 g/mol. The highest BCUT2D eigenvalue weighted by Gasteiger charge is 2.43. The minimum absolute atomic E-state index is 0.0150. The van der Waals surface area contributed by atoms with Gasteiger partial charge in [-0.05, 0) is 44.1 Å². The van der Waals surface area contributed by atoms with E-state index in [1.54, 1.807) is 6.92 Å². The fourth-order valence-electron chi connectivity index (χ4n) is 4.74. The van der Waals surface area contributed by atoms with Gasteiger partial charge in [0, 0.05) is 24.9 Å². The van der Waals surface area contributed by atoms with Crippen LogP contribution in [0.5, 0.6) is 0 Å². The molecule has 1 aromatic rings. The van der Waals surface area contributed by atoms with Crippen LogP contribution in [-0.4, -0.2) is 35.6 Å². The van der Waals surface area contributed by atoms with Crippen molar-refractivity contribution in [1.82, 2.24) is 4.90 Å². The number of hydrogen-bond acceptors (Lipinski definition) is 3. The van der Waals surface area contributed by atoms with Crippen molar-refractivity contribution < 1.29 is 14.4 Å². The third-order valence-corrected chi connectivity index (χ3v) is 6.42. The van der Waals surface area contributed by atoms with Gasteiger partial charge in [-0.2, -0.15) is 0 Å². The van der Waals surface area contributed by atoms with Crippen LogP contribution in [0.15, 0.2) is 30.3 Å². The molecule has 160 valence electrons. The second kappa shape index (κ2) is 10.0. The zero-order valence-electron chi connectivity index (χ0n) is 18.3. The van der Waals surface area contributed by atoms with E-state index in [1.807, 2.05) is 42.2 Å². The van der Waals surface area contributed by atoms with Crippen LogP contribution in [0, 0.1) is 17.8 Å². The fraction of sp³-hybridized carbons (Fsp3) is 0.625. The van der Waals surface area contributed by atoms with Crippen LogP contribution in [0.3, 0.4) is 0 Å². The summed E-state index contributed by atoms with van der Waals surface area (Å²) in [5.41, 5.74) is 6.17. The van der Waals surface area contributed by atoms with E-state index in [9.17, 15) is 14.4 Å². The van der Waals surface area contributed by atoms with Gasteiger partial charge < -0.3 is 10.6 Å². The topological polar surface area (TPSA) is 80.5 Å². The van der Waals surface area contributed by atoms with Crippen LogP contribution in [0.4, 0.5) is 0 Å². The number of ketones is 1. The Kier molecular flexibility index (Phi) is 8.00. The number of carbonyl (C=O) groups excluding carboxylic acids is 3. The quantitative estimate of drug-likeness (QED) is 0.686. The summed E-state index contributed by atoms with van der Waals surface area (Å²) < 4.78 is 0. The number of nitrogens with zero attached hydrogens (tertiary/aromatic N) is 1. The van der Waals surface area contributed by atoms with E-state index in [0.717, 1.165) is 12.0 Å². The Morgan fingerprint density at radius 3 is 2.10 bits per heavy atom. The Balaban J connectivity index is 2.21. The highest BCUT2D eigenvalue weighted by molar-refractivity contribution is 5.90. The van der Waals surface area contributed by atoms with E-state index in [1.165, 1.54) is 0 Å². The number of nitrogens with two attached hydrogens (primary N) is 1. The number of likely N-dealkylation sites (tertiary alicyclic amines) is 1. The van der Waals surface area contributed by atoms with Gasteiger partial charge in [0.2, 0.25) is 11.8 Å². The number of carbonyl (C=O) groups is 3. The van der Waals surface area contributed by atoms with Gasteiger partial charge in [-0.3, -0.25) is 14.4 Å². The summed E-state index contributed by atoms with van der Waals surface area (Å²) in [4.78, 5) is 39.9. The van der Waals surface area contributed by atoms with Crippen molar-refractivity contribution in [1.29, 1.82) is 0 Å². The number of amides is 2. The molecule has 5 nitrogen and oxygen atoms in total. The molecule has 2 N–H and O–H groups in total. The van der Waals surface area contributed by atoms with Crippen molar-refractivity contribution >= 4 is 17.6 Å². The van der Waals surface area contributed by atoms with Crippen LogP contribution < -0.4 is 5.73 Å². The number of hydrogen-bond donors (Lipinski definition) is 1. The molecule has 0 saturated carbocycles. The van der Waals surface area contributed by atoms with E-state index in [-0.39, 0.29) is 23.5 Å². The predicted molar refractivity (Wildman–Crippen MR) is 115 cm³/mol. The zero-order chi connectivity index (χ0) is 21.6. The molecule has 2 atom stereocenters. The van der Waals surface area contributed by atoms with Crippen molar-refractivity contribution in [3.8, 4) is 0 Å². The summed E-state index contributed by atoms with van der Waals surface area (Å²) in [5.74, 6) is -0.729. The highest BCUT2D eigenvalue weighted by atomic mass is 16.2. The zero-order valence-corrected chi connectivity index (χ0v) is 18.3. The largest absolute Gasteiger partial charge is 0.369 e. The molecule has 1 heterocycles. The average Bonchev–Trinajstić information content (AvgIpc) is 2.70. The van der Waals surface area contributed by atoms with Crippen molar-refractivity contribution in [2.24, 2.45) is 23.5 Å². The Morgan fingerprint density at radius 1 is 1.07 bits per heavy atom. The molecule has 5 heteroatoms. The Bertz CT molecular complexity index is 706. The molecule has 2 amide bonds. The predicted octanol–water partition coefficient (Wildman–Crippen LogP) is 3.70. The summed E-state index contributed by atoms with van der Waals surface area (Å²) in [7, 11) is 0. The van der Waals surface area contributed by atoms with Crippen LogP contribution in [0.1, 0.15) is 65.4 Å². The summed E-state index contributed by atoms with van der Waals surface area (Å²) in [6, 6.07) is 9.87. The van der Waals surface area contributed by atoms with E-state index in [2.05, 4.69) is 13.8 Å². The van der Waals surface area contributed by atoms with Crippen LogP contribution in [0.25, 0.3) is 0 Å². The van der Waals surface area contributed by atoms with Gasteiger partial charge >= 0.3 is 0 Å². The number of Topliss-reactive ketones (excluding diaryl/α,β-unsaturated/α-hetero) is 1. The van der Waals surface area contributed by atoms with Gasteiger partial charge in [-0.25, -0.2) is 0 Å². The number of benzene rings is 1. The molecule has 2 rings (SSSR count). The average molecular weight is 401 g/mol. The molecule has 1 aliphatic heterocycles. The number of rotatable bonds is 9. The van der Waals surface area contributed by atoms with E-state index in [0.29, 0.717) is 44.7 Å². The maximum absolute atomic E-state index is 13.4. The third kappa shape index (κ3) is 5.26. The van der Waals surface area contributed by atoms with Gasteiger partial charge in [0.15, 0.2) is 0 Å². The van der Waals surface area contributed by atoms with Crippen molar-refractivity contribution in [3.05, 3.63) is 35.9 Å². The first-order chi connectivity index (χ1) is 13.7. The molecule has 0 aliphatic carbocycles. The summed E-state index contributed by atoms with van der Waals surface area (Å²) in [6.45, 7) is 8.84. The summed E-state index contributed by atoms with van der Waals surface area (Å²) >= 11 is 0. The molecule has 0 bridgehead atoms. The molecule has 1 saturated heterocycles. The second-order valence-corrected chi connectivity index (χ2v) is 8.86. The lowest BCUT2D eigenvalue weighted by Gasteiger charge is -2.42. The van der Waals surface area contributed by atoms with Crippen LogP contribution in [-0.2, 0) is 19.8 Å². The van der Waals surface area contributed by atoms with Gasteiger partial charge in [0.05, 0.1) is 5.41 Å². The highest BCUT2D eigenvalue weighted by Crippen LogP contribution is 2.37. The molecule has 0 spiro atoms. The first-order valence-corrected chi connectivity index (χ1v) is 10.9. The smallest absolute Gasteiger partial charge is 0.226 e. The first kappa shape index (κ1) is 23.1. The Morgan fingerprint density at radius 2 is 1.66 bits per heavy atom. The van der Waals surface area contributed by atoms with Crippen LogP contribution in [0.2, 0.25) is 0 Å². The van der Waals surface area contributed by atoms with E-state index in [4.69, 9.17) is 5.73 Å². The molecular weight excluding hydrogens is 364 g/mol. The number of piperidine rings is 1. The van der Waals surface area contributed by atoms with Gasteiger partial charge in [0.1, 0.15) is 5.78 Å². The Labute approximate surface area is 175 Å². The fourth-order valence-corrected chi connectivity index (χ4v) is 4.74. The van der Waals surface area contributed by atoms with Gasteiger partial charge in [-0.15, -0.1) is 0 Å². The van der Waals surface area contributed by atoms with Crippen molar-refractivity contribution in [2.45, 2.75) is 65.2 Å². The molecule has 0 aromatic heterocycles.